The minimum absolute atomic E-state index is 0.0243. The number of carbonyl (C=O) groups is 2. The number of carboxylic acids is 2. The first-order chi connectivity index (χ1) is 6.38. The van der Waals surface area contributed by atoms with Crippen LogP contribution in [0.25, 0.3) is 0 Å². The maximum Gasteiger partial charge on any atom is 0.335 e. The summed E-state index contributed by atoms with van der Waals surface area (Å²) in [5.74, 6) is -2.17. The molecule has 2 unspecified atom stereocenters. The summed E-state index contributed by atoms with van der Waals surface area (Å²) >= 11 is 0. The van der Waals surface area contributed by atoms with Crippen LogP contribution in [-0.4, -0.2) is 28.2 Å². The Balaban J connectivity index is 3.02. The molecule has 0 fully saturated rings. The zero-order valence-electron chi connectivity index (χ0n) is 7.60. The lowest BCUT2D eigenvalue weighted by Gasteiger charge is -2.28. The highest BCUT2D eigenvalue weighted by molar-refractivity contribution is 5.91. The normalized spacial score (nSPS) is 31.0. The van der Waals surface area contributed by atoms with Gasteiger partial charge < -0.3 is 15.9 Å². The Morgan fingerprint density at radius 2 is 2.07 bits per heavy atom. The summed E-state index contributed by atoms with van der Waals surface area (Å²) in [5.41, 5.74) is 4.37. The highest BCUT2D eigenvalue weighted by Gasteiger charge is 2.38. The van der Waals surface area contributed by atoms with Crippen molar-refractivity contribution >= 4 is 11.9 Å². The molecule has 5 nitrogen and oxygen atoms in total. The summed E-state index contributed by atoms with van der Waals surface area (Å²) in [4.78, 5) is 21.4. The average molecular weight is 197 g/mol. The van der Waals surface area contributed by atoms with Crippen molar-refractivity contribution in [3.63, 3.8) is 0 Å². The van der Waals surface area contributed by atoms with Crippen molar-refractivity contribution in [2.75, 3.05) is 0 Å². The summed E-state index contributed by atoms with van der Waals surface area (Å²) < 4.78 is 0. The molecular weight excluding hydrogens is 186 g/mol. The molecule has 2 atom stereocenters. The fourth-order valence-electron chi connectivity index (χ4n) is 1.15. The van der Waals surface area contributed by atoms with Crippen LogP contribution < -0.4 is 5.73 Å². The van der Waals surface area contributed by atoms with E-state index in [1.807, 2.05) is 0 Å². The second-order valence-corrected chi connectivity index (χ2v) is 3.37. The van der Waals surface area contributed by atoms with E-state index < -0.39 is 23.4 Å². The van der Waals surface area contributed by atoms with Crippen molar-refractivity contribution in [3.05, 3.63) is 23.8 Å². The molecule has 0 spiro atoms. The lowest BCUT2D eigenvalue weighted by atomic mass is 9.78. The van der Waals surface area contributed by atoms with E-state index >= 15 is 0 Å². The van der Waals surface area contributed by atoms with Crippen molar-refractivity contribution in [3.8, 4) is 0 Å². The highest BCUT2D eigenvalue weighted by atomic mass is 16.4. The van der Waals surface area contributed by atoms with Crippen LogP contribution in [0.15, 0.2) is 23.8 Å². The van der Waals surface area contributed by atoms with Crippen molar-refractivity contribution in [2.24, 2.45) is 11.1 Å². The largest absolute Gasteiger partial charge is 0.481 e. The fourth-order valence-corrected chi connectivity index (χ4v) is 1.15. The van der Waals surface area contributed by atoms with Crippen molar-refractivity contribution in [2.45, 2.75) is 13.0 Å². The van der Waals surface area contributed by atoms with Crippen LogP contribution in [-0.2, 0) is 9.59 Å². The van der Waals surface area contributed by atoms with Gasteiger partial charge in [0.25, 0.3) is 0 Å². The molecule has 76 valence electrons. The number of aliphatic carboxylic acids is 2. The molecule has 0 radical (unpaired) electrons. The minimum Gasteiger partial charge on any atom is -0.481 e. The van der Waals surface area contributed by atoms with Gasteiger partial charge in [-0.3, -0.25) is 4.79 Å². The van der Waals surface area contributed by atoms with Crippen LogP contribution >= 0.6 is 0 Å². The molecule has 0 aromatic carbocycles. The van der Waals surface area contributed by atoms with Gasteiger partial charge in [0.2, 0.25) is 0 Å². The Bertz CT molecular complexity index is 345. The van der Waals surface area contributed by atoms with E-state index in [9.17, 15) is 9.59 Å². The monoisotopic (exact) mass is 197 g/mol. The van der Waals surface area contributed by atoms with Crippen LogP contribution in [0, 0.1) is 5.41 Å². The molecule has 0 aromatic rings. The molecule has 0 bridgehead atoms. The van der Waals surface area contributed by atoms with Gasteiger partial charge in [-0.15, -0.1) is 0 Å². The standard InChI is InChI=1S/C9H11NO4/c1-9(8(13)14)3-2-5(7(11)12)4-6(9)10/h2-4,6H,10H2,1H3,(H,11,12)(H,13,14). The Kier molecular flexibility index (Phi) is 2.44. The van der Waals surface area contributed by atoms with Gasteiger partial charge in [-0.05, 0) is 6.92 Å². The van der Waals surface area contributed by atoms with Crippen LogP contribution in [0.1, 0.15) is 6.92 Å². The van der Waals surface area contributed by atoms with Crippen molar-refractivity contribution in [1.82, 2.24) is 0 Å². The van der Waals surface area contributed by atoms with Gasteiger partial charge in [0, 0.05) is 6.04 Å². The molecule has 0 aromatic heterocycles. The van der Waals surface area contributed by atoms with E-state index in [0.717, 1.165) is 0 Å². The maximum absolute atomic E-state index is 10.9. The molecule has 0 aliphatic heterocycles. The Labute approximate surface area is 80.5 Å². The van der Waals surface area contributed by atoms with E-state index in [1.165, 1.54) is 25.2 Å². The Morgan fingerprint density at radius 3 is 2.43 bits per heavy atom. The Morgan fingerprint density at radius 1 is 1.50 bits per heavy atom. The molecule has 5 heteroatoms. The third kappa shape index (κ3) is 1.54. The summed E-state index contributed by atoms with van der Waals surface area (Å²) in [6.07, 6.45) is 3.82. The molecule has 1 rings (SSSR count). The highest BCUT2D eigenvalue weighted by Crippen LogP contribution is 2.28. The predicted molar refractivity (Wildman–Crippen MR) is 48.6 cm³/mol. The number of hydrogen-bond donors (Lipinski definition) is 3. The van der Waals surface area contributed by atoms with E-state index in [2.05, 4.69) is 0 Å². The van der Waals surface area contributed by atoms with Crippen LogP contribution in [0.3, 0.4) is 0 Å². The summed E-state index contributed by atoms with van der Waals surface area (Å²) in [6, 6.07) is -0.823. The van der Waals surface area contributed by atoms with Crippen LogP contribution in [0.5, 0.6) is 0 Å². The lowest BCUT2D eigenvalue weighted by Crippen LogP contribution is -2.44. The van der Waals surface area contributed by atoms with Gasteiger partial charge in [0.05, 0.1) is 5.57 Å². The third-order valence-corrected chi connectivity index (χ3v) is 2.37. The molecule has 0 saturated carbocycles. The smallest absolute Gasteiger partial charge is 0.335 e. The number of hydrogen-bond acceptors (Lipinski definition) is 3. The first kappa shape index (κ1) is 10.5. The van der Waals surface area contributed by atoms with Gasteiger partial charge in [0.1, 0.15) is 5.41 Å². The van der Waals surface area contributed by atoms with Gasteiger partial charge in [0.15, 0.2) is 0 Å². The minimum atomic E-state index is -1.22. The van der Waals surface area contributed by atoms with Gasteiger partial charge in [-0.1, -0.05) is 18.2 Å². The first-order valence-electron chi connectivity index (χ1n) is 4.01. The molecule has 4 N–H and O–H groups in total. The van der Waals surface area contributed by atoms with E-state index in [0.29, 0.717) is 0 Å². The Hall–Kier alpha value is -1.62. The van der Waals surface area contributed by atoms with Crippen molar-refractivity contribution in [1.29, 1.82) is 0 Å². The van der Waals surface area contributed by atoms with E-state index in [4.69, 9.17) is 15.9 Å². The number of nitrogens with two attached hydrogens (primary N) is 1. The molecule has 0 heterocycles. The van der Waals surface area contributed by atoms with Crippen molar-refractivity contribution < 1.29 is 19.8 Å². The maximum atomic E-state index is 10.9. The zero-order valence-corrected chi connectivity index (χ0v) is 7.60. The van der Waals surface area contributed by atoms with Gasteiger partial charge >= 0.3 is 11.9 Å². The number of carboxylic acid groups (broad SMARTS) is 2. The molecule has 0 amide bonds. The summed E-state index contributed by atoms with van der Waals surface area (Å²) in [7, 11) is 0. The molecular formula is C9H11NO4. The van der Waals surface area contributed by atoms with Gasteiger partial charge in [-0.2, -0.15) is 0 Å². The SMILES string of the molecule is CC1(C(=O)O)C=CC(C(=O)O)=CC1N. The lowest BCUT2D eigenvalue weighted by molar-refractivity contribution is -0.145. The quantitative estimate of drug-likeness (QED) is 0.577. The topological polar surface area (TPSA) is 101 Å². The summed E-state index contributed by atoms with van der Waals surface area (Å²) in [6.45, 7) is 1.45. The van der Waals surface area contributed by atoms with Gasteiger partial charge in [-0.25, -0.2) is 4.79 Å². The molecule has 1 aliphatic carbocycles. The average Bonchev–Trinajstić information content (AvgIpc) is 2.09. The molecule has 1 aliphatic rings. The molecule has 14 heavy (non-hydrogen) atoms. The predicted octanol–water partition coefficient (Wildman–Crippen LogP) is -0.0146. The van der Waals surface area contributed by atoms with E-state index in [1.54, 1.807) is 0 Å². The summed E-state index contributed by atoms with van der Waals surface area (Å²) in [5, 5.41) is 17.5. The van der Waals surface area contributed by atoms with E-state index in [-0.39, 0.29) is 5.57 Å². The van der Waals surface area contributed by atoms with Crippen LogP contribution in [0.4, 0.5) is 0 Å². The van der Waals surface area contributed by atoms with Crippen LogP contribution in [0.2, 0.25) is 0 Å². The fraction of sp³-hybridized carbons (Fsp3) is 0.333. The first-order valence-corrected chi connectivity index (χ1v) is 4.01. The molecule has 0 saturated heterocycles. The zero-order chi connectivity index (χ0) is 10.9. The second-order valence-electron chi connectivity index (χ2n) is 3.37. The second kappa shape index (κ2) is 3.26. The number of rotatable bonds is 2. The third-order valence-electron chi connectivity index (χ3n) is 2.37.